The summed E-state index contributed by atoms with van der Waals surface area (Å²) in [6.45, 7) is 0.955. The van der Waals surface area contributed by atoms with Crippen LogP contribution in [0.5, 0.6) is 0 Å². The van der Waals surface area contributed by atoms with Gasteiger partial charge in [0.2, 0.25) is 5.95 Å². The smallest absolute Gasteiger partial charge is 0.307 e. The second kappa shape index (κ2) is 8.92. The average molecular weight is 439 g/mol. The first-order chi connectivity index (χ1) is 15.4. The lowest BCUT2D eigenvalue weighted by atomic mass is 10.1. The fraction of sp³-hybridized carbons (Fsp3) is 0.190. The van der Waals surface area contributed by atoms with Crippen molar-refractivity contribution in [3.8, 4) is 11.4 Å². The van der Waals surface area contributed by atoms with Gasteiger partial charge in [0.1, 0.15) is 36.0 Å². The summed E-state index contributed by atoms with van der Waals surface area (Å²) in [6, 6.07) is 5.77. The number of nitrogens with one attached hydrogen (secondary N) is 2. The second-order valence-corrected chi connectivity index (χ2v) is 6.97. The number of amides is 1. The lowest BCUT2D eigenvalue weighted by Crippen LogP contribution is -2.23. The van der Waals surface area contributed by atoms with Gasteiger partial charge in [0, 0.05) is 31.4 Å². The van der Waals surface area contributed by atoms with E-state index in [0.717, 1.165) is 11.6 Å². The predicted octanol–water partition coefficient (Wildman–Crippen LogP) is 3.46. The van der Waals surface area contributed by atoms with Gasteiger partial charge in [-0.3, -0.25) is 9.48 Å². The molecule has 0 aliphatic rings. The summed E-state index contributed by atoms with van der Waals surface area (Å²) >= 11 is 0. The summed E-state index contributed by atoms with van der Waals surface area (Å²) < 4.78 is 33.2. The number of anilines is 2. The number of halogens is 2. The fourth-order valence-corrected chi connectivity index (χ4v) is 2.96. The van der Waals surface area contributed by atoms with Crippen LogP contribution in [0.2, 0.25) is 0 Å². The molecule has 4 aromatic rings. The highest BCUT2D eigenvalue weighted by molar-refractivity contribution is 5.90. The predicted molar refractivity (Wildman–Crippen MR) is 111 cm³/mol. The maximum Gasteiger partial charge on any atom is 0.307 e. The van der Waals surface area contributed by atoms with Gasteiger partial charge in [0.15, 0.2) is 0 Å². The molecule has 0 aliphatic heterocycles. The van der Waals surface area contributed by atoms with Crippen molar-refractivity contribution >= 4 is 17.7 Å². The summed E-state index contributed by atoms with van der Waals surface area (Å²) in [6.07, 6.45) is 4.61. The van der Waals surface area contributed by atoms with Crippen LogP contribution < -0.4 is 10.6 Å². The number of aryl methyl sites for hydroxylation is 2. The summed E-state index contributed by atoms with van der Waals surface area (Å²) in [5, 5.41) is 9.75. The van der Waals surface area contributed by atoms with Gasteiger partial charge in [0.05, 0.1) is 6.20 Å². The standard InChI is InChI=1S/C21H19F2N7O2/c1-12-9-25-21(28-17-5-6-26-30(17)2)29-18(12)16-11-32-20(27-16)19(31)24-10-13-3-4-15(23)14(7-13)8-22/h3-7,9,11H,8,10H2,1-2H3,(H,24,31)(H,25,28,29). The van der Waals surface area contributed by atoms with Crippen molar-refractivity contribution in [3.63, 3.8) is 0 Å². The van der Waals surface area contributed by atoms with Gasteiger partial charge < -0.3 is 15.1 Å². The highest BCUT2D eigenvalue weighted by Crippen LogP contribution is 2.22. The number of hydrogen-bond donors (Lipinski definition) is 2. The minimum absolute atomic E-state index is 0.0646. The number of aromatic nitrogens is 5. The monoisotopic (exact) mass is 439 g/mol. The Morgan fingerprint density at radius 1 is 1.25 bits per heavy atom. The molecule has 0 saturated carbocycles. The Kier molecular flexibility index (Phi) is 5.88. The van der Waals surface area contributed by atoms with Crippen LogP contribution in [0.25, 0.3) is 11.4 Å². The van der Waals surface area contributed by atoms with Gasteiger partial charge in [-0.1, -0.05) is 6.07 Å². The maximum atomic E-state index is 13.4. The minimum Gasteiger partial charge on any atom is -0.440 e. The highest BCUT2D eigenvalue weighted by Gasteiger charge is 2.17. The summed E-state index contributed by atoms with van der Waals surface area (Å²) in [4.78, 5) is 25.4. The molecule has 11 heteroatoms. The van der Waals surface area contributed by atoms with Crippen LogP contribution in [0.15, 0.2) is 47.3 Å². The molecule has 4 rings (SSSR count). The average Bonchev–Trinajstić information content (AvgIpc) is 3.44. The first kappa shape index (κ1) is 21.1. The van der Waals surface area contributed by atoms with E-state index >= 15 is 0 Å². The molecule has 9 nitrogen and oxygen atoms in total. The van der Waals surface area contributed by atoms with E-state index in [2.05, 4.69) is 30.7 Å². The molecular formula is C21H19F2N7O2. The van der Waals surface area contributed by atoms with Gasteiger partial charge >= 0.3 is 5.91 Å². The Morgan fingerprint density at radius 2 is 2.09 bits per heavy atom. The molecule has 32 heavy (non-hydrogen) atoms. The van der Waals surface area contributed by atoms with Crippen LogP contribution in [-0.2, 0) is 20.3 Å². The van der Waals surface area contributed by atoms with Crippen molar-refractivity contribution in [2.75, 3.05) is 5.32 Å². The molecular weight excluding hydrogens is 420 g/mol. The molecule has 1 aromatic carbocycles. The van der Waals surface area contributed by atoms with Crippen molar-refractivity contribution in [1.82, 2.24) is 30.0 Å². The Morgan fingerprint density at radius 3 is 2.84 bits per heavy atom. The zero-order valence-electron chi connectivity index (χ0n) is 17.3. The number of alkyl halides is 1. The topological polar surface area (TPSA) is 111 Å². The van der Waals surface area contributed by atoms with Gasteiger partial charge in [-0.2, -0.15) is 5.10 Å². The van der Waals surface area contributed by atoms with Crippen LogP contribution >= 0.6 is 0 Å². The summed E-state index contributed by atoms with van der Waals surface area (Å²) in [5.41, 5.74) is 2.09. The van der Waals surface area contributed by atoms with Crippen molar-refractivity contribution in [1.29, 1.82) is 0 Å². The van der Waals surface area contributed by atoms with Crippen molar-refractivity contribution in [3.05, 3.63) is 71.3 Å². The SMILES string of the molecule is Cc1cnc(Nc2ccnn2C)nc1-c1coc(C(=O)NCc2ccc(F)c(CF)c2)n1. The quantitative estimate of drug-likeness (QED) is 0.454. The first-order valence-electron chi connectivity index (χ1n) is 9.60. The lowest BCUT2D eigenvalue weighted by molar-refractivity contribution is 0.0916. The lowest BCUT2D eigenvalue weighted by Gasteiger charge is -2.07. The number of carbonyl (C=O) groups is 1. The molecule has 1 amide bonds. The second-order valence-electron chi connectivity index (χ2n) is 6.97. The highest BCUT2D eigenvalue weighted by atomic mass is 19.1. The largest absolute Gasteiger partial charge is 0.440 e. The third kappa shape index (κ3) is 4.46. The zero-order chi connectivity index (χ0) is 22.7. The Balaban J connectivity index is 1.47. The number of hydrogen-bond acceptors (Lipinski definition) is 7. The van der Waals surface area contributed by atoms with Crippen LogP contribution in [0.3, 0.4) is 0 Å². The Bertz CT molecular complexity index is 1270. The molecule has 0 atom stereocenters. The Labute approximate surface area is 181 Å². The van der Waals surface area contributed by atoms with Gasteiger partial charge in [-0.15, -0.1) is 0 Å². The normalized spacial score (nSPS) is 10.9. The molecule has 0 radical (unpaired) electrons. The third-order valence-corrected chi connectivity index (χ3v) is 4.68. The van der Waals surface area contributed by atoms with Crippen LogP contribution in [0.1, 0.15) is 27.4 Å². The number of oxazole rings is 1. The number of carbonyl (C=O) groups excluding carboxylic acids is 1. The van der Waals surface area contributed by atoms with E-state index in [1.807, 2.05) is 6.92 Å². The van der Waals surface area contributed by atoms with E-state index in [4.69, 9.17) is 4.42 Å². The van der Waals surface area contributed by atoms with E-state index in [9.17, 15) is 13.6 Å². The summed E-state index contributed by atoms with van der Waals surface area (Å²) in [5.74, 6) is -0.313. The molecule has 0 aliphatic carbocycles. The van der Waals surface area contributed by atoms with Crippen LogP contribution in [0.4, 0.5) is 20.5 Å². The van der Waals surface area contributed by atoms with Gasteiger partial charge in [-0.25, -0.2) is 23.7 Å². The van der Waals surface area contributed by atoms with E-state index in [1.54, 1.807) is 30.2 Å². The Hall–Kier alpha value is -4.15. The van der Waals surface area contributed by atoms with Crippen LogP contribution in [0, 0.1) is 12.7 Å². The van der Waals surface area contributed by atoms with Crippen molar-refractivity contribution in [2.45, 2.75) is 20.1 Å². The van der Waals surface area contributed by atoms with E-state index in [0.29, 0.717) is 28.7 Å². The molecule has 0 saturated heterocycles. The molecule has 0 spiro atoms. The number of benzene rings is 1. The van der Waals surface area contributed by atoms with E-state index in [1.165, 1.54) is 18.4 Å². The van der Waals surface area contributed by atoms with Crippen molar-refractivity contribution < 1.29 is 18.0 Å². The molecule has 3 heterocycles. The fourth-order valence-electron chi connectivity index (χ4n) is 2.96. The zero-order valence-corrected chi connectivity index (χ0v) is 17.3. The molecule has 3 aromatic heterocycles. The number of rotatable bonds is 7. The molecule has 0 bridgehead atoms. The van der Waals surface area contributed by atoms with Crippen molar-refractivity contribution in [2.24, 2.45) is 7.05 Å². The van der Waals surface area contributed by atoms with Gasteiger partial charge in [-0.05, 0) is 30.2 Å². The van der Waals surface area contributed by atoms with E-state index < -0.39 is 18.4 Å². The molecule has 0 fully saturated rings. The number of nitrogens with zero attached hydrogens (tertiary/aromatic N) is 5. The molecule has 2 N–H and O–H groups in total. The van der Waals surface area contributed by atoms with Gasteiger partial charge in [0.25, 0.3) is 5.89 Å². The third-order valence-electron chi connectivity index (χ3n) is 4.68. The summed E-state index contributed by atoms with van der Waals surface area (Å²) in [7, 11) is 1.78. The van der Waals surface area contributed by atoms with Crippen LogP contribution in [-0.4, -0.2) is 30.6 Å². The molecule has 164 valence electrons. The first-order valence-corrected chi connectivity index (χ1v) is 9.60. The maximum absolute atomic E-state index is 13.4. The minimum atomic E-state index is -0.924. The molecule has 0 unspecified atom stereocenters. The van der Waals surface area contributed by atoms with E-state index in [-0.39, 0.29) is 18.0 Å².